The van der Waals surface area contributed by atoms with Gasteiger partial charge in [-0.25, -0.2) is 14.4 Å². The van der Waals surface area contributed by atoms with Gasteiger partial charge in [0.2, 0.25) is 0 Å². The first-order valence-corrected chi connectivity index (χ1v) is 11.5. The summed E-state index contributed by atoms with van der Waals surface area (Å²) in [5.41, 5.74) is 3.67. The molecular weight excluding hydrogens is 435 g/mol. The molecule has 0 unspecified atom stereocenters. The highest BCUT2D eigenvalue weighted by Crippen LogP contribution is 2.30. The minimum atomic E-state index is -0.893. The molecule has 0 aliphatic heterocycles. The van der Waals surface area contributed by atoms with E-state index >= 15 is 0 Å². The van der Waals surface area contributed by atoms with Gasteiger partial charge in [-0.15, -0.1) is 0 Å². The van der Waals surface area contributed by atoms with Crippen LogP contribution in [-0.2, 0) is 13.2 Å². The Morgan fingerprint density at radius 1 is 1.21 bits per heavy atom. The summed E-state index contributed by atoms with van der Waals surface area (Å²) in [6.07, 6.45) is 8.67. The largest absolute Gasteiger partial charge is 0.392 e. The normalized spacial score (nSPS) is 18.6. The standard InChI is InChI=1S/C25H29FN6O2/c1-25(2,34)15-31-12-17(10-28-31)18-13-32-22(11-27-24(32)9-16(18)14-33)21-7-4-8-23(30-21)29-20-6-3-5-19(20)26/h4,7-13,19-20,33-34H,3,5-6,14-15H2,1-2H3,(H,29,30)/t19-,20-/m0/s1. The van der Waals surface area contributed by atoms with E-state index in [2.05, 4.69) is 15.4 Å². The summed E-state index contributed by atoms with van der Waals surface area (Å²) in [5, 5.41) is 27.7. The molecule has 1 aliphatic rings. The van der Waals surface area contributed by atoms with Gasteiger partial charge in [0.15, 0.2) is 0 Å². The number of halogens is 1. The quantitative estimate of drug-likeness (QED) is 0.384. The van der Waals surface area contributed by atoms with Crippen LogP contribution in [0.4, 0.5) is 10.2 Å². The Labute approximate surface area is 197 Å². The topological polar surface area (TPSA) is 100 Å². The molecule has 34 heavy (non-hydrogen) atoms. The van der Waals surface area contributed by atoms with Crippen molar-refractivity contribution in [1.82, 2.24) is 24.1 Å². The fourth-order valence-corrected chi connectivity index (χ4v) is 4.55. The molecule has 3 N–H and O–H groups in total. The molecule has 9 heteroatoms. The minimum absolute atomic E-state index is 0.145. The second-order valence-electron chi connectivity index (χ2n) is 9.59. The summed E-state index contributed by atoms with van der Waals surface area (Å²) in [6.45, 7) is 3.67. The van der Waals surface area contributed by atoms with Gasteiger partial charge in [0, 0.05) is 23.5 Å². The number of aliphatic hydroxyl groups excluding tert-OH is 1. The molecule has 178 valence electrons. The van der Waals surface area contributed by atoms with Crippen molar-refractivity contribution in [2.75, 3.05) is 5.32 Å². The molecule has 1 aliphatic carbocycles. The van der Waals surface area contributed by atoms with Gasteiger partial charge in [-0.2, -0.15) is 5.10 Å². The van der Waals surface area contributed by atoms with Crippen LogP contribution >= 0.6 is 0 Å². The van der Waals surface area contributed by atoms with Gasteiger partial charge >= 0.3 is 0 Å². The number of imidazole rings is 1. The van der Waals surface area contributed by atoms with Crippen LogP contribution in [0.1, 0.15) is 38.7 Å². The van der Waals surface area contributed by atoms with Crippen LogP contribution in [0.5, 0.6) is 0 Å². The minimum Gasteiger partial charge on any atom is -0.392 e. The maximum atomic E-state index is 14.1. The van der Waals surface area contributed by atoms with Crippen LogP contribution in [0.25, 0.3) is 28.2 Å². The number of fused-ring (bicyclic) bond motifs is 1. The van der Waals surface area contributed by atoms with Crippen LogP contribution in [0.15, 0.2) is 49.1 Å². The Morgan fingerprint density at radius 3 is 2.79 bits per heavy atom. The number of aliphatic hydroxyl groups is 2. The Kier molecular flexibility index (Phi) is 5.83. The van der Waals surface area contributed by atoms with E-state index in [1.165, 1.54) is 0 Å². The Morgan fingerprint density at radius 2 is 2.06 bits per heavy atom. The molecule has 2 atom stereocenters. The third-order valence-corrected chi connectivity index (χ3v) is 6.17. The first-order chi connectivity index (χ1) is 16.3. The lowest BCUT2D eigenvalue weighted by Crippen LogP contribution is -2.26. The molecule has 0 saturated heterocycles. The number of hydrogen-bond acceptors (Lipinski definition) is 6. The number of aromatic nitrogens is 5. The molecule has 4 aromatic rings. The molecule has 0 bridgehead atoms. The van der Waals surface area contributed by atoms with Gasteiger partial charge < -0.3 is 15.5 Å². The van der Waals surface area contributed by atoms with Crippen LogP contribution in [0, 0.1) is 0 Å². The highest BCUT2D eigenvalue weighted by atomic mass is 19.1. The van der Waals surface area contributed by atoms with E-state index in [9.17, 15) is 14.6 Å². The van der Waals surface area contributed by atoms with Crippen molar-refractivity contribution in [3.05, 3.63) is 54.6 Å². The predicted octanol–water partition coefficient (Wildman–Crippen LogP) is 3.83. The van der Waals surface area contributed by atoms with Gasteiger partial charge in [0.1, 0.15) is 17.6 Å². The van der Waals surface area contributed by atoms with Crippen LogP contribution in [-0.4, -0.2) is 52.2 Å². The van der Waals surface area contributed by atoms with Crippen molar-refractivity contribution in [3.63, 3.8) is 0 Å². The number of rotatable bonds is 7. The van der Waals surface area contributed by atoms with Gasteiger partial charge in [-0.1, -0.05) is 6.07 Å². The monoisotopic (exact) mass is 464 g/mol. The summed E-state index contributed by atoms with van der Waals surface area (Å²) in [4.78, 5) is 9.24. The average molecular weight is 465 g/mol. The molecule has 4 aromatic heterocycles. The molecule has 0 amide bonds. The van der Waals surface area contributed by atoms with E-state index in [4.69, 9.17) is 4.98 Å². The van der Waals surface area contributed by atoms with Crippen molar-refractivity contribution < 1.29 is 14.6 Å². The number of nitrogens with one attached hydrogen (secondary N) is 1. The summed E-state index contributed by atoms with van der Waals surface area (Å²) in [7, 11) is 0. The van der Waals surface area contributed by atoms with E-state index in [1.54, 1.807) is 30.9 Å². The van der Waals surface area contributed by atoms with E-state index in [1.807, 2.05) is 41.1 Å². The predicted molar refractivity (Wildman–Crippen MR) is 128 cm³/mol. The van der Waals surface area contributed by atoms with Crippen LogP contribution in [0.3, 0.4) is 0 Å². The lowest BCUT2D eigenvalue weighted by atomic mass is 10.1. The third-order valence-electron chi connectivity index (χ3n) is 6.17. The maximum absolute atomic E-state index is 14.1. The van der Waals surface area contributed by atoms with Crippen LogP contribution in [0.2, 0.25) is 0 Å². The Bertz CT molecular complexity index is 1310. The summed E-state index contributed by atoms with van der Waals surface area (Å²) in [5.74, 6) is 0.641. The summed E-state index contributed by atoms with van der Waals surface area (Å²) in [6, 6.07) is 7.29. The SMILES string of the molecule is CC(C)(O)Cn1cc(-c2cn3c(-c4cccc(N[C@H]5CCC[C@@H]5F)n4)cnc3cc2CO)cn1. The molecular formula is C25H29FN6O2. The molecule has 5 rings (SSSR count). The molecule has 0 aromatic carbocycles. The second-order valence-corrected chi connectivity index (χ2v) is 9.59. The Hall–Kier alpha value is -3.30. The molecule has 8 nitrogen and oxygen atoms in total. The highest BCUT2D eigenvalue weighted by molar-refractivity contribution is 5.71. The average Bonchev–Trinajstić information content (AvgIpc) is 3.52. The van der Waals surface area contributed by atoms with Crippen molar-refractivity contribution in [1.29, 1.82) is 0 Å². The van der Waals surface area contributed by atoms with E-state index in [-0.39, 0.29) is 12.6 Å². The first-order valence-electron chi connectivity index (χ1n) is 11.5. The molecule has 0 spiro atoms. The number of hydrogen-bond donors (Lipinski definition) is 3. The molecule has 4 heterocycles. The zero-order valence-corrected chi connectivity index (χ0v) is 19.3. The van der Waals surface area contributed by atoms with E-state index < -0.39 is 11.8 Å². The number of anilines is 1. The van der Waals surface area contributed by atoms with Crippen molar-refractivity contribution in [2.24, 2.45) is 0 Å². The number of pyridine rings is 2. The van der Waals surface area contributed by atoms with Crippen molar-refractivity contribution in [2.45, 2.75) is 64.1 Å². The molecule has 1 saturated carbocycles. The fourth-order valence-electron chi connectivity index (χ4n) is 4.55. The molecule has 0 radical (unpaired) electrons. The van der Waals surface area contributed by atoms with E-state index in [0.717, 1.165) is 35.2 Å². The number of alkyl halides is 1. The van der Waals surface area contributed by atoms with E-state index in [0.29, 0.717) is 30.1 Å². The first kappa shape index (κ1) is 22.5. The van der Waals surface area contributed by atoms with Crippen molar-refractivity contribution in [3.8, 4) is 22.5 Å². The lowest BCUT2D eigenvalue weighted by Gasteiger charge is -2.16. The second kappa shape index (κ2) is 8.81. The fraction of sp³-hybridized carbons (Fsp3) is 0.400. The van der Waals surface area contributed by atoms with Gasteiger partial charge in [-0.05, 0) is 56.9 Å². The van der Waals surface area contributed by atoms with Gasteiger partial charge in [0.25, 0.3) is 0 Å². The zero-order valence-electron chi connectivity index (χ0n) is 19.3. The Balaban J connectivity index is 1.51. The highest BCUT2D eigenvalue weighted by Gasteiger charge is 2.27. The summed E-state index contributed by atoms with van der Waals surface area (Å²) >= 11 is 0. The zero-order chi connectivity index (χ0) is 23.9. The summed E-state index contributed by atoms with van der Waals surface area (Å²) < 4.78 is 17.7. The van der Waals surface area contributed by atoms with Gasteiger partial charge in [-0.3, -0.25) is 9.08 Å². The smallest absolute Gasteiger partial charge is 0.137 e. The van der Waals surface area contributed by atoms with Crippen LogP contribution < -0.4 is 5.32 Å². The van der Waals surface area contributed by atoms with Gasteiger partial charge in [0.05, 0.1) is 48.6 Å². The number of nitrogens with zero attached hydrogens (tertiary/aromatic N) is 5. The third kappa shape index (κ3) is 4.53. The lowest BCUT2D eigenvalue weighted by molar-refractivity contribution is 0.0577. The van der Waals surface area contributed by atoms with Crippen molar-refractivity contribution >= 4 is 11.5 Å². The maximum Gasteiger partial charge on any atom is 0.137 e. The molecule has 1 fully saturated rings.